The molecule has 0 aliphatic heterocycles. The number of allylic oxidation sites excluding steroid dienone is 4. The van der Waals surface area contributed by atoms with Crippen LogP contribution in [0.3, 0.4) is 0 Å². The second-order valence-corrected chi connectivity index (χ2v) is 4.64. The predicted octanol–water partition coefficient (Wildman–Crippen LogP) is -6.97. The molecule has 0 aromatic rings. The summed E-state index contributed by atoms with van der Waals surface area (Å²) in [4.78, 5) is 0. The van der Waals surface area contributed by atoms with Gasteiger partial charge in [0.1, 0.15) is 0 Å². The largest absolute Gasteiger partial charge is 4.00 e. The van der Waals surface area contributed by atoms with Crippen LogP contribution in [-0.2, 0) is 21.7 Å². The van der Waals surface area contributed by atoms with Gasteiger partial charge in [-0.15, -0.1) is 0 Å². The summed E-state index contributed by atoms with van der Waals surface area (Å²) in [5.74, 6) is 0.762. The zero-order valence-corrected chi connectivity index (χ0v) is 15.6. The zero-order chi connectivity index (χ0) is 8.55. The summed E-state index contributed by atoms with van der Waals surface area (Å²) in [6, 6.07) is 1.33. The summed E-state index contributed by atoms with van der Waals surface area (Å²) in [6.07, 6.45) is 9.10. The van der Waals surface area contributed by atoms with Crippen molar-refractivity contribution >= 4 is 10.2 Å². The first-order valence-corrected chi connectivity index (χ1v) is 6.59. The molecule has 0 amide bonds. The number of hydrogen-bond donors (Lipinski definition) is 0. The number of halogens is 3. The van der Waals surface area contributed by atoms with E-state index < -0.39 is 0 Å². The maximum Gasteiger partial charge on any atom is 4.00 e. The molecule has 16 heavy (non-hydrogen) atoms. The Morgan fingerprint density at radius 2 is 1.75 bits per heavy atom. The van der Waals surface area contributed by atoms with E-state index in [-0.39, 0.29) is 58.9 Å². The first kappa shape index (κ1) is 22.5. The fourth-order valence-electron chi connectivity index (χ4n) is 2.46. The van der Waals surface area contributed by atoms with Crippen LogP contribution in [0.2, 0.25) is 6.04 Å². The molecule has 0 saturated heterocycles. The molecule has 0 fully saturated rings. The summed E-state index contributed by atoms with van der Waals surface area (Å²) in [5.41, 5.74) is 4.92. The molecule has 1 unspecified atom stereocenters. The Morgan fingerprint density at radius 3 is 2.25 bits per heavy atom. The molecule has 2 aliphatic rings. The zero-order valence-electron chi connectivity index (χ0n) is 9.75. The van der Waals surface area contributed by atoms with Crippen molar-refractivity contribution in [3.05, 3.63) is 22.8 Å². The summed E-state index contributed by atoms with van der Waals surface area (Å²) >= 11 is 0. The van der Waals surface area contributed by atoms with Crippen LogP contribution in [0.25, 0.3) is 0 Å². The molecule has 1 atom stereocenters. The molecule has 0 heterocycles. The van der Waals surface area contributed by atoms with E-state index in [0.717, 1.165) is 5.92 Å². The van der Waals surface area contributed by atoms with Crippen LogP contribution in [0.15, 0.2) is 16.7 Å². The minimum absolute atomic E-state index is 0. The van der Waals surface area contributed by atoms with E-state index in [4.69, 9.17) is 0 Å². The van der Waals surface area contributed by atoms with Crippen molar-refractivity contribution in [2.24, 2.45) is 5.92 Å². The Bertz CT molecular complexity index is 264. The molecule has 0 radical (unpaired) electrons. The third-order valence-electron chi connectivity index (χ3n) is 3.25. The Kier molecular flexibility index (Phi) is 14.4. The Balaban J connectivity index is -0.000000422. The molecule has 5 heteroatoms. The smallest absolute Gasteiger partial charge is 1.00 e. The minimum Gasteiger partial charge on any atom is -1.00 e. The van der Waals surface area contributed by atoms with Gasteiger partial charge in [0, 0.05) is 10.2 Å². The third-order valence-corrected chi connectivity index (χ3v) is 4.01. The molecule has 2 aliphatic carbocycles. The van der Waals surface area contributed by atoms with Crippen molar-refractivity contribution in [1.82, 2.24) is 0 Å². The van der Waals surface area contributed by atoms with Gasteiger partial charge in [0.15, 0.2) is 0 Å². The monoisotopic (exact) mass is 330 g/mol. The Morgan fingerprint density at radius 1 is 1.19 bits per heavy atom. The van der Waals surface area contributed by atoms with Crippen LogP contribution in [-0.4, -0.2) is 10.2 Å². The van der Waals surface area contributed by atoms with E-state index >= 15 is 0 Å². The van der Waals surface area contributed by atoms with Crippen molar-refractivity contribution in [3.8, 4) is 0 Å². The van der Waals surface area contributed by atoms with Gasteiger partial charge in [0.2, 0.25) is 0 Å². The van der Waals surface area contributed by atoms with Gasteiger partial charge in [0.05, 0.1) is 0 Å². The standard InChI is InChI=1S/C11H17Si.3ClH.Ti/c1-8-10(7-12)6-9-4-2-3-5-11(8)9;;;;/h8H,2-5,7H2,1,12H3;3*1H;/q-1;;;;+4/p-3. The molecule has 0 N–H and O–H groups in total. The van der Waals surface area contributed by atoms with Gasteiger partial charge in [-0.1, -0.05) is 44.6 Å². The third kappa shape index (κ3) is 4.51. The minimum atomic E-state index is 0. The van der Waals surface area contributed by atoms with E-state index in [0.29, 0.717) is 0 Å². The fourth-order valence-corrected chi connectivity index (χ4v) is 3.25. The van der Waals surface area contributed by atoms with Gasteiger partial charge in [-0.25, -0.2) is 17.2 Å². The molecule has 0 nitrogen and oxygen atoms in total. The van der Waals surface area contributed by atoms with Gasteiger partial charge in [-0.05, 0) is 0 Å². The molecule has 0 saturated carbocycles. The number of rotatable bonds is 1. The van der Waals surface area contributed by atoms with Crippen molar-refractivity contribution in [3.63, 3.8) is 0 Å². The maximum atomic E-state index is 3.62. The first-order chi connectivity index (χ1) is 5.83. The molecule has 0 bridgehead atoms. The topological polar surface area (TPSA) is 0 Å². The van der Waals surface area contributed by atoms with Crippen molar-refractivity contribution in [2.75, 3.05) is 0 Å². The fraction of sp³-hybridized carbons (Fsp3) is 0.636. The van der Waals surface area contributed by atoms with Gasteiger partial charge in [0.25, 0.3) is 0 Å². The molecule has 90 valence electrons. The molecular weight excluding hydrogens is 314 g/mol. The van der Waals surface area contributed by atoms with Crippen molar-refractivity contribution < 1.29 is 58.9 Å². The summed E-state index contributed by atoms with van der Waals surface area (Å²) in [7, 11) is 1.30. The van der Waals surface area contributed by atoms with Crippen LogP contribution < -0.4 is 37.2 Å². The van der Waals surface area contributed by atoms with Crippen LogP contribution in [0, 0.1) is 12.0 Å². The molecule has 0 spiro atoms. The van der Waals surface area contributed by atoms with Crippen molar-refractivity contribution in [2.45, 2.75) is 38.7 Å². The van der Waals surface area contributed by atoms with E-state index in [1.165, 1.54) is 42.0 Å². The van der Waals surface area contributed by atoms with E-state index in [9.17, 15) is 0 Å². The Hall–Kier alpha value is 1.28. The van der Waals surface area contributed by atoms with Crippen LogP contribution >= 0.6 is 0 Å². The molecule has 2 rings (SSSR count). The quantitative estimate of drug-likeness (QED) is 0.331. The second-order valence-electron chi connectivity index (χ2n) is 3.94. The molecule has 0 aromatic carbocycles. The van der Waals surface area contributed by atoms with Gasteiger partial charge >= 0.3 is 21.7 Å². The summed E-state index contributed by atoms with van der Waals surface area (Å²) < 4.78 is 0. The van der Waals surface area contributed by atoms with Gasteiger partial charge < -0.3 is 37.2 Å². The summed E-state index contributed by atoms with van der Waals surface area (Å²) in [6.45, 7) is 2.37. The summed E-state index contributed by atoms with van der Waals surface area (Å²) in [5, 5.41) is 0. The predicted molar refractivity (Wildman–Crippen MR) is 56.2 cm³/mol. The van der Waals surface area contributed by atoms with E-state index in [1.54, 1.807) is 16.7 Å². The molecule has 0 aromatic heterocycles. The SMILES string of the molecule is CC1C(C[SiH3])=[C-]C2=C1CCCC2.[Cl-].[Cl-].[Cl-].[Ti+4]. The van der Waals surface area contributed by atoms with Crippen LogP contribution in [0.1, 0.15) is 32.6 Å². The van der Waals surface area contributed by atoms with Crippen molar-refractivity contribution in [1.29, 1.82) is 0 Å². The average molecular weight is 332 g/mol. The van der Waals surface area contributed by atoms with Crippen LogP contribution in [0.4, 0.5) is 0 Å². The molecular formula is C11H17Cl3SiTi. The maximum absolute atomic E-state index is 3.62. The van der Waals surface area contributed by atoms with Crippen LogP contribution in [0.5, 0.6) is 0 Å². The van der Waals surface area contributed by atoms with Gasteiger partial charge in [-0.2, -0.15) is 5.57 Å². The first-order valence-electron chi connectivity index (χ1n) is 5.17. The normalized spacial score (nSPS) is 21.8. The van der Waals surface area contributed by atoms with Gasteiger partial charge in [-0.3, -0.25) is 0 Å². The second kappa shape index (κ2) is 10.2. The Labute approximate surface area is 136 Å². The van der Waals surface area contributed by atoms with E-state index in [1.807, 2.05) is 0 Å². The van der Waals surface area contributed by atoms with E-state index in [2.05, 4.69) is 13.0 Å². The number of hydrogen-bond acceptors (Lipinski definition) is 0. The average Bonchev–Trinajstić information content (AvgIpc) is 2.44.